The lowest BCUT2D eigenvalue weighted by Gasteiger charge is -2.11. The second-order valence-corrected chi connectivity index (χ2v) is 8.05. The fourth-order valence-corrected chi connectivity index (χ4v) is 4.73. The Balaban J connectivity index is 1.68. The highest BCUT2D eigenvalue weighted by Crippen LogP contribution is 2.40. The lowest BCUT2D eigenvalue weighted by molar-refractivity contribution is 0.627. The molecule has 0 fully saturated rings. The minimum atomic E-state index is -0.212. The van der Waals surface area contributed by atoms with Gasteiger partial charge in [0.05, 0.1) is 0 Å². The van der Waals surface area contributed by atoms with E-state index in [0.29, 0.717) is 0 Å². The number of thioether (sulfide) groups is 1. The molecule has 4 rings (SSSR count). The Bertz CT molecular complexity index is 997. The molecule has 0 amide bonds. The lowest BCUT2D eigenvalue weighted by atomic mass is 10.2. The summed E-state index contributed by atoms with van der Waals surface area (Å²) in [5.41, 5.74) is 2.27. The van der Waals surface area contributed by atoms with Crippen LogP contribution >= 0.6 is 23.1 Å². The summed E-state index contributed by atoms with van der Waals surface area (Å²) in [6, 6.07) is 19.1. The van der Waals surface area contributed by atoms with E-state index in [-0.39, 0.29) is 11.1 Å². The Morgan fingerprint density at radius 2 is 1.76 bits per heavy atom. The van der Waals surface area contributed by atoms with Crippen LogP contribution in [-0.2, 0) is 0 Å². The predicted octanol–water partition coefficient (Wildman–Crippen LogP) is 6.35. The van der Waals surface area contributed by atoms with Crippen LogP contribution in [0.5, 0.6) is 0 Å². The monoisotopic (exact) mass is 366 g/mol. The summed E-state index contributed by atoms with van der Waals surface area (Å²) >= 11 is 3.35. The highest BCUT2D eigenvalue weighted by Gasteiger charge is 2.14. The van der Waals surface area contributed by atoms with Crippen molar-refractivity contribution in [2.24, 2.45) is 0 Å². The number of thiophene rings is 1. The van der Waals surface area contributed by atoms with Crippen LogP contribution in [0.4, 0.5) is 4.39 Å². The van der Waals surface area contributed by atoms with E-state index in [1.165, 1.54) is 22.6 Å². The van der Waals surface area contributed by atoms with E-state index in [9.17, 15) is 4.39 Å². The number of rotatable bonds is 4. The first-order valence-electron chi connectivity index (χ1n) is 7.93. The Hall–Kier alpha value is -2.24. The van der Waals surface area contributed by atoms with Crippen molar-refractivity contribution in [2.75, 3.05) is 0 Å². The molecule has 1 atom stereocenters. The summed E-state index contributed by atoms with van der Waals surface area (Å²) in [5, 5.41) is 2.21. The Kier molecular flexibility index (Phi) is 4.51. The molecule has 0 N–H and O–H groups in total. The van der Waals surface area contributed by atoms with Gasteiger partial charge >= 0.3 is 0 Å². The van der Waals surface area contributed by atoms with E-state index < -0.39 is 0 Å². The van der Waals surface area contributed by atoms with Crippen molar-refractivity contribution in [3.8, 4) is 10.4 Å². The van der Waals surface area contributed by atoms with Gasteiger partial charge in [0.1, 0.15) is 22.0 Å². The first kappa shape index (κ1) is 16.2. The highest BCUT2D eigenvalue weighted by atomic mass is 32.2. The topological polar surface area (TPSA) is 25.8 Å². The van der Waals surface area contributed by atoms with Crippen molar-refractivity contribution in [2.45, 2.75) is 17.2 Å². The van der Waals surface area contributed by atoms with Crippen LogP contribution in [0.15, 0.2) is 72.0 Å². The van der Waals surface area contributed by atoms with Crippen LogP contribution in [0.2, 0.25) is 0 Å². The normalized spacial score (nSPS) is 12.4. The van der Waals surface area contributed by atoms with Crippen LogP contribution < -0.4 is 0 Å². The van der Waals surface area contributed by atoms with Crippen molar-refractivity contribution >= 4 is 33.3 Å². The molecule has 2 aromatic carbocycles. The standard InChI is InChI=1S/C20H15FN2S2/c1-13(14-7-9-16(21)10-8-14)24-19-17-11-18(15-5-3-2-4-6-15)25-20(17)23-12-22-19/h2-13H,1H3/t13-/m0/s1. The van der Waals surface area contributed by atoms with E-state index >= 15 is 0 Å². The third-order valence-electron chi connectivity index (χ3n) is 3.98. The van der Waals surface area contributed by atoms with Gasteiger partial charge < -0.3 is 0 Å². The zero-order valence-electron chi connectivity index (χ0n) is 13.5. The Morgan fingerprint density at radius 3 is 2.52 bits per heavy atom. The van der Waals surface area contributed by atoms with Crippen LogP contribution in [0, 0.1) is 5.82 Å². The van der Waals surface area contributed by atoms with Crippen molar-refractivity contribution < 1.29 is 4.39 Å². The zero-order valence-corrected chi connectivity index (χ0v) is 15.2. The molecule has 0 spiro atoms. The largest absolute Gasteiger partial charge is 0.229 e. The second kappa shape index (κ2) is 6.94. The van der Waals surface area contributed by atoms with Gasteiger partial charge in [0.15, 0.2) is 0 Å². The van der Waals surface area contributed by atoms with Gasteiger partial charge in [-0.3, -0.25) is 0 Å². The highest BCUT2D eigenvalue weighted by molar-refractivity contribution is 7.99. The van der Waals surface area contributed by atoms with Crippen LogP contribution in [-0.4, -0.2) is 9.97 Å². The molecule has 4 aromatic rings. The number of benzene rings is 2. The molecule has 124 valence electrons. The van der Waals surface area contributed by atoms with Crippen molar-refractivity contribution in [3.05, 3.63) is 78.4 Å². The average Bonchev–Trinajstić information content (AvgIpc) is 3.08. The summed E-state index contributed by atoms with van der Waals surface area (Å²) in [6.45, 7) is 2.11. The number of halogens is 1. The first-order valence-corrected chi connectivity index (χ1v) is 9.62. The third-order valence-corrected chi connectivity index (χ3v) is 6.25. The SMILES string of the molecule is C[C@H](Sc1ncnc2sc(-c3ccccc3)cc12)c1ccc(F)cc1. The maximum atomic E-state index is 13.1. The molecule has 2 heterocycles. The van der Waals surface area contributed by atoms with E-state index in [1.807, 2.05) is 30.3 Å². The number of aromatic nitrogens is 2. The maximum Gasteiger partial charge on any atom is 0.128 e. The lowest BCUT2D eigenvalue weighted by Crippen LogP contribution is -1.91. The van der Waals surface area contributed by atoms with Gasteiger partial charge in [-0.25, -0.2) is 14.4 Å². The van der Waals surface area contributed by atoms with Crippen LogP contribution in [0.1, 0.15) is 17.7 Å². The summed E-state index contributed by atoms with van der Waals surface area (Å²) < 4.78 is 13.1. The smallest absolute Gasteiger partial charge is 0.128 e. The molecular formula is C20H15FN2S2. The van der Waals surface area contributed by atoms with Gasteiger partial charge in [-0.2, -0.15) is 0 Å². The summed E-state index contributed by atoms with van der Waals surface area (Å²) in [5.74, 6) is -0.212. The summed E-state index contributed by atoms with van der Waals surface area (Å²) in [6.07, 6.45) is 1.62. The molecule has 0 unspecified atom stereocenters. The zero-order chi connectivity index (χ0) is 17.2. The second-order valence-electron chi connectivity index (χ2n) is 5.69. The van der Waals surface area contributed by atoms with Crippen molar-refractivity contribution in [1.82, 2.24) is 9.97 Å². The van der Waals surface area contributed by atoms with Gasteiger partial charge in [0.2, 0.25) is 0 Å². The van der Waals surface area contributed by atoms with E-state index in [2.05, 4.69) is 35.1 Å². The number of hydrogen-bond donors (Lipinski definition) is 0. The molecule has 2 aromatic heterocycles. The Morgan fingerprint density at radius 1 is 1.00 bits per heavy atom. The predicted molar refractivity (Wildman–Crippen MR) is 104 cm³/mol. The van der Waals surface area contributed by atoms with Gasteiger partial charge in [0, 0.05) is 15.5 Å². The molecule has 0 aliphatic carbocycles. The van der Waals surface area contributed by atoms with E-state index in [1.54, 1.807) is 29.4 Å². The van der Waals surface area contributed by atoms with Crippen molar-refractivity contribution in [1.29, 1.82) is 0 Å². The van der Waals surface area contributed by atoms with E-state index in [4.69, 9.17) is 0 Å². The van der Waals surface area contributed by atoms with Gasteiger partial charge in [-0.1, -0.05) is 54.2 Å². The molecule has 25 heavy (non-hydrogen) atoms. The molecule has 0 aliphatic rings. The Labute approximate surface area is 153 Å². The number of fused-ring (bicyclic) bond motifs is 1. The van der Waals surface area contributed by atoms with Crippen LogP contribution in [0.25, 0.3) is 20.7 Å². The van der Waals surface area contributed by atoms with Crippen LogP contribution in [0.3, 0.4) is 0 Å². The molecule has 0 bridgehead atoms. The average molecular weight is 366 g/mol. The molecule has 0 aliphatic heterocycles. The fourth-order valence-electron chi connectivity index (χ4n) is 2.64. The maximum absolute atomic E-state index is 13.1. The number of hydrogen-bond acceptors (Lipinski definition) is 4. The first-order chi connectivity index (χ1) is 12.2. The molecule has 0 radical (unpaired) electrons. The third kappa shape index (κ3) is 3.43. The van der Waals surface area contributed by atoms with Gasteiger partial charge in [0.25, 0.3) is 0 Å². The van der Waals surface area contributed by atoms with Crippen molar-refractivity contribution in [3.63, 3.8) is 0 Å². The summed E-state index contributed by atoms with van der Waals surface area (Å²) in [7, 11) is 0. The van der Waals surface area contributed by atoms with Gasteiger partial charge in [-0.15, -0.1) is 11.3 Å². The molecular weight excluding hydrogens is 351 g/mol. The summed E-state index contributed by atoms with van der Waals surface area (Å²) in [4.78, 5) is 11.1. The molecule has 0 saturated heterocycles. The molecule has 5 heteroatoms. The molecule has 0 saturated carbocycles. The minimum Gasteiger partial charge on any atom is -0.229 e. The molecule has 2 nitrogen and oxygen atoms in total. The number of nitrogens with zero attached hydrogens (tertiary/aromatic N) is 2. The minimum absolute atomic E-state index is 0.179. The quantitative estimate of drug-likeness (QED) is 0.311. The fraction of sp³-hybridized carbons (Fsp3) is 0.100. The van der Waals surface area contributed by atoms with Gasteiger partial charge in [-0.05, 0) is 36.2 Å². The van der Waals surface area contributed by atoms with E-state index in [0.717, 1.165) is 20.8 Å².